The second kappa shape index (κ2) is 15.9. The minimum absolute atomic E-state index is 0.0138. The van der Waals surface area contributed by atoms with Gasteiger partial charge in [0.2, 0.25) is 17.7 Å². The number of rotatable bonds is 13. The molecule has 0 aromatic heterocycles. The van der Waals surface area contributed by atoms with E-state index in [0.29, 0.717) is 17.5 Å². The fraction of sp³-hybridized carbons (Fsp3) is 0.613. The van der Waals surface area contributed by atoms with Gasteiger partial charge in [-0.1, -0.05) is 63.1 Å². The zero-order chi connectivity index (χ0) is 29.7. The molecule has 1 fully saturated rings. The van der Waals surface area contributed by atoms with Crippen LogP contribution >= 0.6 is 0 Å². The van der Waals surface area contributed by atoms with E-state index in [-0.39, 0.29) is 31.3 Å². The van der Waals surface area contributed by atoms with Crippen LogP contribution in [0, 0.1) is 12.3 Å². The number of nitrogens with two attached hydrogens (primary N) is 1. The lowest BCUT2D eigenvalue weighted by atomic mass is 9.93. The Morgan fingerprint density at radius 3 is 2.40 bits per heavy atom. The number of carbonyl (C=O) groups excluding carboxylic acids is 4. The van der Waals surface area contributed by atoms with Gasteiger partial charge >= 0.3 is 6.09 Å². The molecule has 9 heteroatoms. The molecule has 0 spiro atoms. The summed E-state index contributed by atoms with van der Waals surface area (Å²) in [4.78, 5) is 54.1. The van der Waals surface area contributed by atoms with Crippen LogP contribution in [-0.2, 0) is 19.1 Å². The third-order valence-corrected chi connectivity index (χ3v) is 6.88. The van der Waals surface area contributed by atoms with Gasteiger partial charge in [0.15, 0.2) is 0 Å². The topological polar surface area (TPSA) is 131 Å². The average molecular weight is 555 g/mol. The van der Waals surface area contributed by atoms with Crippen LogP contribution in [0.3, 0.4) is 0 Å². The van der Waals surface area contributed by atoms with E-state index in [1.165, 1.54) is 4.90 Å². The van der Waals surface area contributed by atoms with Crippen molar-refractivity contribution in [3.8, 4) is 12.3 Å². The van der Waals surface area contributed by atoms with Gasteiger partial charge < -0.3 is 26.0 Å². The summed E-state index contributed by atoms with van der Waals surface area (Å²) in [6, 6.07) is 4.95. The molecule has 220 valence electrons. The number of primary amides is 1. The Bertz CT molecular complexity index is 1050. The zero-order valence-corrected chi connectivity index (χ0v) is 24.5. The molecule has 1 saturated carbocycles. The first-order valence-corrected chi connectivity index (χ1v) is 14.4. The highest BCUT2D eigenvalue weighted by Gasteiger charge is 2.37. The highest BCUT2D eigenvalue weighted by atomic mass is 16.6. The summed E-state index contributed by atoms with van der Waals surface area (Å²) in [7, 11) is 0. The van der Waals surface area contributed by atoms with E-state index in [1.807, 2.05) is 6.92 Å². The van der Waals surface area contributed by atoms with Crippen molar-refractivity contribution in [3.63, 3.8) is 0 Å². The summed E-state index contributed by atoms with van der Waals surface area (Å²) >= 11 is 0. The van der Waals surface area contributed by atoms with Crippen LogP contribution in [0.15, 0.2) is 24.3 Å². The number of alkyl carbamates (subject to hydrolysis) is 1. The molecule has 2 unspecified atom stereocenters. The molecule has 2 rings (SSSR count). The second-order valence-electron chi connectivity index (χ2n) is 11.4. The normalized spacial score (nSPS) is 15.3. The molecule has 0 aliphatic heterocycles. The third kappa shape index (κ3) is 10.6. The number of benzene rings is 1. The fourth-order valence-corrected chi connectivity index (χ4v) is 4.94. The molecule has 1 aliphatic rings. The van der Waals surface area contributed by atoms with Crippen molar-refractivity contribution in [2.24, 2.45) is 5.73 Å². The Hall–Kier alpha value is -3.54. The van der Waals surface area contributed by atoms with Gasteiger partial charge in [-0.15, -0.1) is 6.42 Å². The maximum absolute atomic E-state index is 14.2. The molecule has 9 nitrogen and oxygen atoms in total. The lowest BCUT2D eigenvalue weighted by Gasteiger charge is -2.36. The van der Waals surface area contributed by atoms with Crippen molar-refractivity contribution in [2.45, 2.75) is 116 Å². The number of nitrogens with zero attached hydrogens (tertiary/aromatic N) is 1. The first-order chi connectivity index (χ1) is 19.0. The van der Waals surface area contributed by atoms with Gasteiger partial charge in [0.1, 0.15) is 17.7 Å². The molecule has 2 atom stereocenters. The van der Waals surface area contributed by atoms with Crippen LogP contribution in [0.2, 0.25) is 0 Å². The molecular formula is C31H46N4O5. The maximum Gasteiger partial charge on any atom is 0.408 e. The summed E-state index contributed by atoms with van der Waals surface area (Å²) in [5, 5.41) is 5.79. The van der Waals surface area contributed by atoms with Crippen molar-refractivity contribution in [1.82, 2.24) is 15.5 Å². The number of unbranched alkanes of at least 4 members (excludes halogenated alkanes) is 2. The Balaban J connectivity index is 2.53. The molecule has 1 aliphatic carbocycles. The van der Waals surface area contributed by atoms with E-state index in [1.54, 1.807) is 45.0 Å². The van der Waals surface area contributed by atoms with Crippen molar-refractivity contribution in [3.05, 3.63) is 35.4 Å². The van der Waals surface area contributed by atoms with Gasteiger partial charge in [0, 0.05) is 24.6 Å². The van der Waals surface area contributed by atoms with E-state index in [2.05, 4.69) is 16.6 Å². The molecule has 1 aromatic rings. The van der Waals surface area contributed by atoms with Crippen molar-refractivity contribution < 1.29 is 23.9 Å². The molecule has 0 saturated heterocycles. The minimum atomic E-state index is -1.13. The lowest BCUT2D eigenvalue weighted by Crippen LogP contribution is -2.54. The van der Waals surface area contributed by atoms with Crippen LogP contribution in [0.4, 0.5) is 4.79 Å². The minimum Gasteiger partial charge on any atom is -0.444 e. The van der Waals surface area contributed by atoms with Crippen molar-refractivity contribution in [1.29, 1.82) is 0 Å². The Labute approximate surface area is 239 Å². The molecule has 4 amide bonds. The number of carbonyl (C=O) groups is 4. The zero-order valence-electron chi connectivity index (χ0n) is 24.5. The largest absolute Gasteiger partial charge is 0.444 e. The Morgan fingerprint density at radius 2 is 1.80 bits per heavy atom. The molecule has 0 radical (unpaired) electrons. The summed E-state index contributed by atoms with van der Waals surface area (Å²) in [5.74, 6) is 1.23. The van der Waals surface area contributed by atoms with Gasteiger partial charge in [0.25, 0.3) is 0 Å². The Kier molecular flexibility index (Phi) is 13.0. The molecule has 40 heavy (non-hydrogen) atoms. The quantitative estimate of drug-likeness (QED) is 0.247. The van der Waals surface area contributed by atoms with Crippen LogP contribution in [0.25, 0.3) is 0 Å². The van der Waals surface area contributed by atoms with Gasteiger partial charge in [-0.2, -0.15) is 0 Å². The second-order valence-corrected chi connectivity index (χ2v) is 11.4. The van der Waals surface area contributed by atoms with Crippen LogP contribution in [-0.4, -0.2) is 52.9 Å². The summed E-state index contributed by atoms with van der Waals surface area (Å²) < 4.78 is 5.39. The van der Waals surface area contributed by atoms with Crippen molar-refractivity contribution in [2.75, 3.05) is 6.54 Å². The lowest BCUT2D eigenvalue weighted by molar-refractivity contribution is -0.143. The predicted molar refractivity (Wildman–Crippen MR) is 155 cm³/mol. The van der Waals surface area contributed by atoms with E-state index in [9.17, 15) is 19.2 Å². The first kappa shape index (κ1) is 32.7. The van der Waals surface area contributed by atoms with Gasteiger partial charge in [0.05, 0.1) is 0 Å². The van der Waals surface area contributed by atoms with Gasteiger partial charge in [-0.3, -0.25) is 14.4 Å². The highest BCUT2D eigenvalue weighted by molar-refractivity contribution is 5.93. The standard InChI is InChI=1S/C31H46N4O5/c1-6-8-14-21-35(29(38)25(19-20-26(32)36)34-30(39)40-31(3,4)5)27(24-18-13-12-15-22(24)7-2)28(37)33-23-16-10-9-11-17-23/h2,12-13,15,18,23,25,27H,6,8-11,14,16-17,19-21H2,1,3-5H3,(H2,32,36)(H,33,37)(H,34,39). The van der Waals surface area contributed by atoms with Gasteiger partial charge in [-0.25, -0.2) is 4.79 Å². The summed E-state index contributed by atoms with van der Waals surface area (Å²) in [6.07, 6.45) is 12.2. The first-order valence-electron chi connectivity index (χ1n) is 14.4. The molecule has 1 aromatic carbocycles. The SMILES string of the molecule is C#Cc1ccccc1C(C(=O)NC1CCCCC1)N(CCCCC)C(=O)C(CCC(N)=O)NC(=O)OC(C)(C)C. The van der Waals surface area contributed by atoms with Gasteiger partial charge in [-0.05, 0) is 58.1 Å². The van der Waals surface area contributed by atoms with Crippen LogP contribution in [0.1, 0.15) is 109 Å². The predicted octanol–water partition coefficient (Wildman–Crippen LogP) is 4.34. The highest BCUT2D eigenvalue weighted by Crippen LogP contribution is 2.28. The van der Waals surface area contributed by atoms with E-state index < -0.39 is 35.6 Å². The average Bonchev–Trinajstić information content (AvgIpc) is 2.89. The van der Waals surface area contributed by atoms with E-state index in [0.717, 1.165) is 44.9 Å². The molecule has 0 heterocycles. The fourth-order valence-electron chi connectivity index (χ4n) is 4.94. The Morgan fingerprint density at radius 1 is 1.12 bits per heavy atom. The number of ether oxygens (including phenoxy) is 1. The smallest absolute Gasteiger partial charge is 0.408 e. The van der Waals surface area contributed by atoms with E-state index in [4.69, 9.17) is 16.9 Å². The summed E-state index contributed by atoms with van der Waals surface area (Å²) in [6.45, 7) is 7.45. The monoisotopic (exact) mass is 554 g/mol. The third-order valence-electron chi connectivity index (χ3n) is 6.88. The maximum atomic E-state index is 14.2. The van der Waals surface area contributed by atoms with Crippen LogP contribution in [0.5, 0.6) is 0 Å². The number of nitrogens with one attached hydrogen (secondary N) is 2. The summed E-state index contributed by atoms with van der Waals surface area (Å²) in [5.41, 5.74) is 5.64. The molecule has 4 N–H and O–H groups in total. The van der Waals surface area contributed by atoms with Crippen molar-refractivity contribution >= 4 is 23.8 Å². The molecule has 0 bridgehead atoms. The van der Waals surface area contributed by atoms with E-state index >= 15 is 0 Å². The number of terminal acetylenes is 1. The number of hydrogen-bond donors (Lipinski definition) is 3. The number of amides is 4. The number of hydrogen-bond acceptors (Lipinski definition) is 5. The van der Waals surface area contributed by atoms with Crippen LogP contribution < -0.4 is 16.4 Å². The molecular weight excluding hydrogens is 508 g/mol.